The van der Waals surface area contributed by atoms with Gasteiger partial charge in [0, 0.05) is 13.1 Å². The average molecular weight is 382 g/mol. The molecule has 7 nitrogen and oxygen atoms in total. The van der Waals surface area contributed by atoms with Gasteiger partial charge in [-0.1, -0.05) is 6.92 Å². The van der Waals surface area contributed by atoms with Crippen molar-refractivity contribution in [1.82, 2.24) is 4.90 Å². The summed E-state index contributed by atoms with van der Waals surface area (Å²) in [6, 6.07) is -0.265. The first-order valence-corrected chi connectivity index (χ1v) is 9.74. The van der Waals surface area contributed by atoms with Crippen LogP contribution in [0.3, 0.4) is 0 Å². The maximum Gasteiger partial charge on any atom is 0.348 e. The fourth-order valence-electron chi connectivity index (χ4n) is 2.99. The van der Waals surface area contributed by atoms with Crippen molar-refractivity contribution < 1.29 is 23.9 Å². The summed E-state index contributed by atoms with van der Waals surface area (Å²) in [6.07, 6.45) is 2.06. The highest BCUT2D eigenvalue weighted by atomic mass is 32.1. The van der Waals surface area contributed by atoms with Crippen LogP contribution in [0.15, 0.2) is 0 Å². The molecule has 0 unspecified atom stereocenters. The molecule has 2 heterocycles. The Labute approximate surface area is 157 Å². The molecule has 0 bridgehead atoms. The zero-order valence-electron chi connectivity index (χ0n) is 15.7. The first-order valence-electron chi connectivity index (χ1n) is 8.92. The zero-order chi connectivity index (χ0) is 19.3. The number of hydrogen-bond acceptors (Lipinski definition) is 6. The fraction of sp³-hybridized carbons (Fsp3) is 0.611. The van der Waals surface area contributed by atoms with Crippen LogP contribution >= 0.6 is 11.3 Å². The van der Waals surface area contributed by atoms with Crippen LogP contribution in [0, 0.1) is 12.8 Å². The van der Waals surface area contributed by atoms with Crippen molar-refractivity contribution in [2.75, 3.05) is 31.6 Å². The highest BCUT2D eigenvalue weighted by Crippen LogP contribution is 2.34. The lowest BCUT2D eigenvalue weighted by Gasteiger charge is -2.30. The van der Waals surface area contributed by atoms with Crippen LogP contribution in [0.4, 0.5) is 9.80 Å². The maximum atomic E-state index is 12.6. The van der Waals surface area contributed by atoms with E-state index in [1.54, 1.807) is 25.7 Å². The van der Waals surface area contributed by atoms with Crippen molar-refractivity contribution in [3.8, 4) is 0 Å². The summed E-state index contributed by atoms with van der Waals surface area (Å²) in [4.78, 5) is 39.2. The number of amides is 2. The SMILES string of the molecule is CCOC(=O)c1sc(NC(=O)N2CCC[C@H](C)C2)c(C(=O)OCC)c1C. The largest absolute Gasteiger partial charge is 0.462 e. The van der Waals surface area contributed by atoms with E-state index >= 15 is 0 Å². The van der Waals surface area contributed by atoms with E-state index in [1.165, 1.54) is 0 Å². The van der Waals surface area contributed by atoms with Gasteiger partial charge in [-0.05, 0) is 45.1 Å². The third-order valence-corrected chi connectivity index (χ3v) is 5.44. The van der Waals surface area contributed by atoms with Gasteiger partial charge in [-0.15, -0.1) is 11.3 Å². The van der Waals surface area contributed by atoms with Gasteiger partial charge < -0.3 is 14.4 Å². The molecule has 144 valence electrons. The minimum atomic E-state index is -0.556. The quantitative estimate of drug-likeness (QED) is 0.785. The van der Waals surface area contributed by atoms with Crippen LogP contribution in [0.1, 0.15) is 59.2 Å². The predicted octanol–water partition coefficient (Wildman–Crippen LogP) is 3.67. The maximum absolute atomic E-state index is 12.6. The van der Waals surface area contributed by atoms with Gasteiger partial charge in [-0.3, -0.25) is 5.32 Å². The molecule has 2 rings (SSSR count). The minimum absolute atomic E-state index is 0.208. The fourth-order valence-corrected chi connectivity index (χ4v) is 4.07. The number of thiophene rings is 1. The Hall–Kier alpha value is -2.09. The van der Waals surface area contributed by atoms with Crippen LogP contribution in [0.5, 0.6) is 0 Å². The van der Waals surface area contributed by atoms with Crippen molar-refractivity contribution >= 4 is 34.3 Å². The molecule has 0 aromatic carbocycles. The molecule has 1 atom stereocenters. The topological polar surface area (TPSA) is 84.9 Å². The summed E-state index contributed by atoms with van der Waals surface area (Å²) in [5.74, 6) is -0.619. The molecule has 0 radical (unpaired) electrons. The van der Waals surface area contributed by atoms with Gasteiger partial charge in [0.25, 0.3) is 0 Å². The summed E-state index contributed by atoms with van der Waals surface area (Å²) in [6.45, 7) is 8.99. The first kappa shape index (κ1) is 20.2. The molecule has 1 aromatic rings. The number of ether oxygens (including phenoxy) is 2. The average Bonchev–Trinajstić information content (AvgIpc) is 2.91. The zero-order valence-corrected chi connectivity index (χ0v) is 16.5. The molecule has 0 saturated carbocycles. The number of rotatable bonds is 5. The highest BCUT2D eigenvalue weighted by Gasteiger charge is 2.29. The lowest BCUT2D eigenvalue weighted by atomic mass is 10.0. The standard InChI is InChI=1S/C18H26N2O5S/c1-5-24-16(21)13-12(4)14(17(22)25-6-2)26-15(13)19-18(23)20-9-7-8-11(3)10-20/h11H,5-10H2,1-4H3,(H,19,23)/t11-/m0/s1. The van der Waals surface area contributed by atoms with E-state index in [1.807, 2.05) is 0 Å². The lowest BCUT2D eigenvalue weighted by molar-refractivity contribution is 0.0527. The Morgan fingerprint density at radius 3 is 2.46 bits per heavy atom. The molecule has 1 aliphatic heterocycles. The molecular weight excluding hydrogens is 356 g/mol. The van der Waals surface area contributed by atoms with Gasteiger partial charge in [-0.2, -0.15) is 0 Å². The number of nitrogens with one attached hydrogen (secondary N) is 1. The van der Waals surface area contributed by atoms with Gasteiger partial charge in [0.1, 0.15) is 9.88 Å². The number of carbonyl (C=O) groups excluding carboxylic acids is 3. The van der Waals surface area contributed by atoms with Crippen molar-refractivity contribution in [2.24, 2.45) is 5.92 Å². The summed E-state index contributed by atoms with van der Waals surface area (Å²) >= 11 is 1.05. The van der Waals surface area contributed by atoms with Crippen LogP contribution in [-0.4, -0.2) is 49.2 Å². The van der Waals surface area contributed by atoms with E-state index in [0.29, 0.717) is 34.4 Å². The van der Waals surface area contributed by atoms with E-state index in [0.717, 1.165) is 24.2 Å². The molecule has 26 heavy (non-hydrogen) atoms. The summed E-state index contributed by atoms with van der Waals surface area (Å²) in [5, 5.41) is 3.12. The van der Waals surface area contributed by atoms with Crippen LogP contribution in [0.25, 0.3) is 0 Å². The molecule has 8 heteroatoms. The third kappa shape index (κ3) is 4.55. The second-order valence-corrected chi connectivity index (χ2v) is 7.35. The number of anilines is 1. The molecule has 1 N–H and O–H groups in total. The normalized spacial score (nSPS) is 16.9. The van der Waals surface area contributed by atoms with E-state index < -0.39 is 11.9 Å². The molecule has 0 aliphatic carbocycles. The Balaban J connectivity index is 2.29. The highest BCUT2D eigenvalue weighted by molar-refractivity contribution is 7.18. The predicted molar refractivity (Wildman–Crippen MR) is 100.0 cm³/mol. The van der Waals surface area contributed by atoms with Crippen LogP contribution in [0.2, 0.25) is 0 Å². The smallest absolute Gasteiger partial charge is 0.348 e. The number of esters is 2. The van der Waals surface area contributed by atoms with Crippen molar-refractivity contribution in [1.29, 1.82) is 0 Å². The van der Waals surface area contributed by atoms with E-state index in [4.69, 9.17) is 9.47 Å². The van der Waals surface area contributed by atoms with E-state index in [9.17, 15) is 14.4 Å². The van der Waals surface area contributed by atoms with Gasteiger partial charge >= 0.3 is 18.0 Å². The Kier molecular flexibility index (Phi) is 7.02. The molecule has 1 aliphatic rings. The van der Waals surface area contributed by atoms with Gasteiger partial charge in [0.05, 0.1) is 18.8 Å². The third-order valence-electron chi connectivity index (χ3n) is 4.25. The van der Waals surface area contributed by atoms with E-state index in [2.05, 4.69) is 12.2 Å². The number of urea groups is 1. The summed E-state index contributed by atoms with van der Waals surface area (Å²) in [7, 11) is 0. The second-order valence-electron chi connectivity index (χ2n) is 6.32. The summed E-state index contributed by atoms with van der Waals surface area (Å²) in [5.41, 5.74) is 0.688. The van der Waals surface area contributed by atoms with Gasteiger partial charge in [0.2, 0.25) is 0 Å². The Bertz CT molecular complexity index is 685. The molecule has 1 saturated heterocycles. The number of likely N-dealkylation sites (tertiary alicyclic amines) is 1. The lowest BCUT2D eigenvalue weighted by Crippen LogP contribution is -2.41. The van der Waals surface area contributed by atoms with Crippen molar-refractivity contribution in [3.05, 3.63) is 16.0 Å². The minimum Gasteiger partial charge on any atom is -0.462 e. The van der Waals surface area contributed by atoms with Crippen molar-refractivity contribution in [3.63, 3.8) is 0 Å². The first-order chi connectivity index (χ1) is 12.4. The van der Waals surface area contributed by atoms with Crippen molar-refractivity contribution in [2.45, 2.75) is 40.5 Å². The monoisotopic (exact) mass is 382 g/mol. The Morgan fingerprint density at radius 2 is 1.85 bits per heavy atom. The number of carbonyl (C=O) groups is 3. The number of hydrogen-bond donors (Lipinski definition) is 1. The van der Waals surface area contributed by atoms with Gasteiger partial charge in [-0.25, -0.2) is 14.4 Å². The molecule has 1 aromatic heterocycles. The van der Waals surface area contributed by atoms with Crippen LogP contribution < -0.4 is 5.32 Å². The molecule has 1 fully saturated rings. The van der Waals surface area contributed by atoms with Crippen LogP contribution in [-0.2, 0) is 9.47 Å². The number of piperidine rings is 1. The number of nitrogens with zero attached hydrogens (tertiary/aromatic N) is 1. The van der Waals surface area contributed by atoms with E-state index in [-0.39, 0.29) is 24.8 Å². The van der Waals surface area contributed by atoms with Gasteiger partial charge in [0.15, 0.2) is 0 Å². The molecular formula is C18H26N2O5S. The summed E-state index contributed by atoms with van der Waals surface area (Å²) < 4.78 is 10.1. The second kappa shape index (κ2) is 9.02. The Morgan fingerprint density at radius 1 is 1.19 bits per heavy atom. The molecule has 0 spiro atoms. The molecule has 2 amide bonds.